The second-order valence-electron chi connectivity index (χ2n) is 5.78. The average Bonchev–Trinajstić information content (AvgIpc) is 2.45. The van der Waals surface area contributed by atoms with E-state index in [-0.39, 0.29) is 6.04 Å². The largest absolute Gasteiger partial charge is 0.329 e. The van der Waals surface area contributed by atoms with Gasteiger partial charge in [-0.1, -0.05) is 31.4 Å². The molecule has 1 heterocycles. The van der Waals surface area contributed by atoms with Crippen LogP contribution < -0.4 is 11.1 Å². The zero-order valence-electron chi connectivity index (χ0n) is 11.9. The van der Waals surface area contributed by atoms with Gasteiger partial charge in [0.1, 0.15) is 0 Å². The molecule has 0 saturated heterocycles. The van der Waals surface area contributed by atoms with Gasteiger partial charge in [-0.2, -0.15) is 0 Å². The Morgan fingerprint density at radius 3 is 2.95 bits per heavy atom. The van der Waals surface area contributed by atoms with Crippen LogP contribution in [0.3, 0.4) is 0 Å². The number of pyridine rings is 1. The van der Waals surface area contributed by atoms with Gasteiger partial charge in [-0.15, -0.1) is 0 Å². The number of nitrogens with one attached hydrogen (secondary N) is 1. The van der Waals surface area contributed by atoms with Crippen LogP contribution in [0.1, 0.15) is 37.3 Å². The van der Waals surface area contributed by atoms with Gasteiger partial charge < -0.3 is 11.1 Å². The second kappa shape index (κ2) is 6.33. The van der Waals surface area contributed by atoms with Crippen molar-refractivity contribution in [3.63, 3.8) is 0 Å². The lowest BCUT2D eigenvalue weighted by Crippen LogP contribution is -2.30. The first-order chi connectivity index (χ1) is 9.86. The smallest absolute Gasteiger partial charge is 0.0702 e. The van der Waals surface area contributed by atoms with Crippen LogP contribution in [-0.4, -0.2) is 18.1 Å². The summed E-state index contributed by atoms with van der Waals surface area (Å²) in [6.45, 7) is 1.70. The fraction of sp³-hybridized carbons (Fsp3) is 0.471. The molecule has 2 aromatic rings. The summed E-state index contributed by atoms with van der Waals surface area (Å²) < 4.78 is 0. The van der Waals surface area contributed by atoms with E-state index in [4.69, 9.17) is 5.73 Å². The molecule has 1 aromatic carbocycles. The van der Waals surface area contributed by atoms with Gasteiger partial charge in [-0.05, 0) is 42.6 Å². The fourth-order valence-electron chi connectivity index (χ4n) is 2.89. The summed E-state index contributed by atoms with van der Waals surface area (Å²) in [6.07, 6.45) is 7.36. The van der Waals surface area contributed by atoms with Crippen LogP contribution in [0.25, 0.3) is 10.9 Å². The molecule has 1 unspecified atom stereocenters. The molecule has 1 atom stereocenters. The normalized spacial score (nSPS) is 17.1. The highest BCUT2D eigenvalue weighted by Crippen LogP contribution is 2.29. The van der Waals surface area contributed by atoms with E-state index in [9.17, 15) is 0 Å². The van der Waals surface area contributed by atoms with Crippen molar-refractivity contribution in [1.82, 2.24) is 10.3 Å². The molecular weight excluding hydrogens is 246 g/mol. The molecule has 106 valence electrons. The molecule has 0 amide bonds. The first-order valence-electron chi connectivity index (χ1n) is 7.65. The molecule has 1 fully saturated rings. The molecule has 0 radical (unpaired) electrons. The Morgan fingerprint density at radius 2 is 2.20 bits per heavy atom. The molecule has 3 N–H and O–H groups in total. The minimum atomic E-state index is 0.250. The third-order valence-electron chi connectivity index (χ3n) is 4.43. The van der Waals surface area contributed by atoms with Gasteiger partial charge >= 0.3 is 0 Å². The lowest BCUT2D eigenvalue weighted by Gasteiger charge is -2.26. The standard InChI is InChI=1S/C17H23N3/c18-12-17(20-10-8-13-3-1-4-13)15-6-7-16-14(11-15)5-2-9-19-16/h2,5-7,9,11,13,17,20H,1,3-4,8,10,12,18H2. The molecule has 1 saturated carbocycles. The van der Waals surface area contributed by atoms with Crippen LogP contribution in [0.2, 0.25) is 0 Å². The third-order valence-corrected chi connectivity index (χ3v) is 4.43. The van der Waals surface area contributed by atoms with E-state index in [1.54, 1.807) is 0 Å². The zero-order chi connectivity index (χ0) is 13.8. The third kappa shape index (κ3) is 3.00. The molecule has 0 bridgehead atoms. The zero-order valence-corrected chi connectivity index (χ0v) is 11.9. The summed E-state index contributed by atoms with van der Waals surface area (Å²) in [5, 5.41) is 4.79. The van der Waals surface area contributed by atoms with Crippen molar-refractivity contribution in [1.29, 1.82) is 0 Å². The minimum Gasteiger partial charge on any atom is -0.329 e. The summed E-state index contributed by atoms with van der Waals surface area (Å²) in [5.74, 6) is 0.946. The van der Waals surface area contributed by atoms with Crippen LogP contribution in [0.5, 0.6) is 0 Å². The first-order valence-corrected chi connectivity index (χ1v) is 7.65. The van der Waals surface area contributed by atoms with Crippen molar-refractivity contribution in [3.05, 3.63) is 42.1 Å². The molecule has 1 aromatic heterocycles. The van der Waals surface area contributed by atoms with E-state index in [0.717, 1.165) is 18.0 Å². The Kier molecular flexibility index (Phi) is 4.28. The maximum Gasteiger partial charge on any atom is 0.0702 e. The number of aromatic nitrogens is 1. The number of fused-ring (bicyclic) bond motifs is 1. The van der Waals surface area contributed by atoms with Crippen molar-refractivity contribution >= 4 is 10.9 Å². The number of hydrogen-bond donors (Lipinski definition) is 2. The maximum atomic E-state index is 5.93. The van der Waals surface area contributed by atoms with Crippen LogP contribution in [0.15, 0.2) is 36.5 Å². The van der Waals surface area contributed by atoms with Gasteiger partial charge in [0.2, 0.25) is 0 Å². The quantitative estimate of drug-likeness (QED) is 0.847. The number of nitrogens with zero attached hydrogens (tertiary/aromatic N) is 1. The van der Waals surface area contributed by atoms with Gasteiger partial charge in [0, 0.05) is 24.2 Å². The Bertz CT molecular complexity index is 563. The van der Waals surface area contributed by atoms with Crippen molar-refractivity contribution < 1.29 is 0 Å². The highest BCUT2D eigenvalue weighted by atomic mass is 14.9. The Labute approximate surface area is 120 Å². The Hall–Kier alpha value is -1.45. The fourth-order valence-corrected chi connectivity index (χ4v) is 2.89. The van der Waals surface area contributed by atoms with Crippen molar-refractivity contribution in [2.45, 2.75) is 31.7 Å². The highest BCUT2D eigenvalue weighted by Gasteiger charge is 2.17. The van der Waals surface area contributed by atoms with E-state index in [2.05, 4.69) is 34.6 Å². The summed E-state index contributed by atoms with van der Waals surface area (Å²) in [5.41, 5.74) is 8.24. The predicted molar refractivity (Wildman–Crippen MR) is 83.5 cm³/mol. The first kappa shape index (κ1) is 13.5. The lowest BCUT2D eigenvalue weighted by atomic mass is 9.83. The number of rotatable bonds is 6. The molecule has 0 spiro atoms. The van der Waals surface area contributed by atoms with Gasteiger partial charge in [0.15, 0.2) is 0 Å². The van der Waals surface area contributed by atoms with Gasteiger partial charge in [-0.3, -0.25) is 4.98 Å². The predicted octanol–water partition coefficient (Wildman–Crippen LogP) is 3.01. The Balaban J connectivity index is 1.66. The van der Waals surface area contributed by atoms with Crippen LogP contribution in [0, 0.1) is 5.92 Å². The van der Waals surface area contributed by atoms with Crippen molar-refractivity contribution in [3.8, 4) is 0 Å². The molecule has 1 aliphatic carbocycles. The van der Waals surface area contributed by atoms with E-state index < -0.39 is 0 Å². The summed E-state index contributed by atoms with van der Waals surface area (Å²) in [7, 11) is 0. The number of nitrogens with two attached hydrogens (primary N) is 1. The molecule has 1 aliphatic rings. The second-order valence-corrected chi connectivity index (χ2v) is 5.78. The summed E-state index contributed by atoms with van der Waals surface area (Å²) in [6, 6.07) is 10.8. The monoisotopic (exact) mass is 269 g/mol. The molecule has 3 nitrogen and oxygen atoms in total. The van der Waals surface area contributed by atoms with Gasteiger partial charge in [-0.25, -0.2) is 0 Å². The van der Waals surface area contributed by atoms with Crippen LogP contribution >= 0.6 is 0 Å². The average molecular weight is 269 g/mol. The van der Waals surface area contributed by atoms with E-state index in [1.165, 1.54) is 36.6 Å². The van der Waals surface area contributed by atoms with Crippen LogP contribution in [0.4, 0.5) is 0 Å². The maximum absolute atomic E-state index is 5.93. The van der Waals surface area contributed by atoms with Crippen molar-refractivity contribution in [2.75, 3.05) is 13.1 Å². The molecular formula is C17H23N3. The lowest BCUT2D eigenvalue weighted by molar-refractivity contribution is 0.288. The summed E-state index contributed by atoms with van der Waals surface area (Å²) in [4.78, 5) is 4.36. The molecule has 3 heteroatoms. The van der Waals surface area contributed by atoms with Gasteiger partial charge in [0.25, 0.3) is 0 Å². The van der Waals surface area contributed by atoms with Gasteiger partial charge in [0.05, 0.1) is 5.52 Å². The highest BCUT2D eigenvalue weighted by molar-refractivity contribution is 5.79. The van der Waals surface area contributed by atoms with E-state index in [0.29, 0.717) is 6.54 Å². The molecule has 0 aliphatic heterocycles. The SMILES string of the molecule is NCC(NCCC1CCC1)c1ccc2ncccc2c1. The molecule has 20 heavy (non-hydrogen) atoms. The number of benzene rings is 1. The Morgan fingerprint density at radius 1 is 1.30 bits per heavy atom. The van der Waals surface area contributed by atoms with E-state index >= 15 is 0 Å². The van der Waals surface area contributed by atoms with Crippen molar-refractivity contribution in [2.24, 2.45) is 11.7 Å². The summed E-state index contributed by atoms with van der Waals surface area (Å²) >= 11 is 0. The minimum absolute atomic E-state index is 0.250. The number of hydrogen-bond acceptors (Lipinski definition) is 3. The molecule has 3 rings (SSSR count). The van der Waals surface area contributed by atoms with E-state index in [1.807, 2.05) is 12.3 Å². The topological polar surface area (TPSA) is 50.9 Å². The van der Waals surface area contributed by atoms with Crippen LogP contribution in [-0.2, 0) is 0 Å².